The maximum Gasteiger partial charge on any atom is 0.225 e. The molecule has 0 spiro atoms. The summed E-state index contributed by atoms with van der Waals surface area (Å²) < 4.78 is 5.15. The molecule has 0 aliphatic carbocycles. The minimum Gasteiger partial charge on any atom is -0.497 e. The summed E-state index contributed by atoms with van der Waals surface area (Å²) in [7, 11) is 1.63. The fraction of sp³-hybridized carbons (Fsp3) is 0.600. The molecule has 1 aromatic rings. The van der Waals surface area contributed by atoms with Gasteiger partial charge >= 0.3 is 0 Å². The Labute approximate surface area is 156 Å². The highest BCUT2D eigenvalue weighted by Crippen LogP contribution is 2.21. The first-order chi connectivity index (χ1) is 12.6. The summed E-state index contributed by atoms with van der Waals surface area (Å²) in [5.41, 5.74) is 1.04. The van der Waals surface area contributed by atoms with Crippen LogP contribution in [0.1, 0.15) is 32.3 Å². The van der Waals surface area contributed by atoms with Gasteiger partial charge in [0, 0.05) is 26.1 Å². The van der Waals surface area contributed by atoms with Crippen LogP contribution in [-0.4, -0.2) is 61.4 Å². The van der Waals surface area contributed by atoms with Gasteiger partial charge in [-0.15, -0.1) is 0 Å². The lowest BCUT2D eigenvalue weighted by Crippen LogP contribution is -2.35. The standard InChI is InChI=1S/C20H31N3O3/c1-4-22(5-2)12-6-11-21-20(25)17-13-19(24)23(15-17)14-16-7-9-18(26-3)10-8-16/h7-10,17H,4-6,11-15H2,1-3H3,(H,21,25). The van der Waals surface area contributed by atoms with Gasteiger partial charge in [0.2, 0.25) is 11.8 Å². The van der Waals surface area contributed by atoms with Crippen molar-refractivity contribution in [1.29, 1.82) is 0 Å². The molecule has 1 unspecified atom stereocenters. The molecule has 0 radical (unpaired) electrons. The molecule has 0 saturated carbocycles. The van der Waals surface area contributed by atoms with E-state index >= 15 is 0 Å². The normalized spacial score (nSPS) is 17.0. The number of hydrogen-bond donors (Lipinski definition) is 1. The van der Waals surface area contributed by atoms with E-state index < -0.39 is 0 Å². The van der Waals surface area contributed by atoms with Crippen LogP contribution in [0.5, 0.6) is 5.75 Å². The fourth-order valence-corrected chi connectivity index (χ4v) is 3.25. The lowest BCUT2D eigenvalue weighted by Gasteiger charge is -2.18. The highest BCUT2D eigenvalue weighted by molar-refractivity contribution is 5.89. The van der Waals surface area contributed by atoms with Gasteiger partial charge < -0.3 is 19.9 Å². The number of methoxy groups -OCH3 is 1. The van der Waals surface area contributed by atoms with E-state index in [0.717, 1.165) is 37.4 Å². The molecule has 1 aromatic carbocycles. The maximum atomic E-state index is 12.3. The minimum atomic E-state index is -0.241. The Balaban J connectivity index is 1.76. The summed E-state index contributed by atoms with van der Waals surface area (Å²) in [6.07, 6.45) is 1.24. The van der Waals surface area contributed by atoms with Crippen molar-refractivity contribution in [3.05, 3.63) is 29.8 Å². The number of rotatable bonds is 10. The summed E-state index contributed by atoms with van der Waals surface area (Å²) in [4.78, 5) is 28.7. The average Bonchev–Trinajstić information content (AvgIpc) is 3.03. The zero-order valence-electron chi connectivity index (χ0n) is 16.2. The zero-order chi connectivity index (χ0) is 18.9. The number of ether oxygens (including phenoxy) is 1. The molecular formula is C20H31N3O3. The molecule has 2 rings (SSSR count). The molecular weight excluding hydrogens is 330 g/mol. The average molecular weight is 361 g/mol. The van der Waals surface area contributed by atoms with Crippen LogP contribution < -0.4 is 10.1 Å². The van der Waals surface area contributed by atoms with E-state index in [9.17, 15) is 9.59 Å². The summed E-state index contributed by atoms with van der Waals surface area (Å²) in [6, 6.07) is 7.67. The third-order valence-electron chi connectivity index (χ3n) is 4.96. The van der Waals surface area contributed by atoms with Gasteiger partial charge in [0.15, 0.2) is 0 Å². The molecule has 1 N–H and O–H groups in total. The number of carbonyl (C=O) groups excluding carboxylic acids is 2. The summed E-state index contributed by atoms with van der Waals surface area (Å²) in [6.45, 7) is 9.03. The summed E-state index contributed by atoms with van der Waals surface area (Å²) in [5.74, 6) is 0.594. The van der Waals surface area contributed by atoms with Crippen LogP contribution in [0.3, 0.4) is 0 Å². The van der Waals surface area contributed by atoms with Crippen molar-refractivity contribution >= 4 is 11.8 Å². The SMILES string of the molecule is CCN(CC)CCCNC(=O)C1CC(=O)N(Cc2ccc(OC)cc2)C1. The van der Waals surface area contributed by atoms with Crippen molar-refractivity contribution in [3.8, 4) is 5.75 Å². The largest absolute Gasteiger partial charge is 0.497 e. The Bertz CT molecular complexity index is 584. The molecule has 6 heteroatoms. The highest BCUT2D eigenvalue weighted by atomic mass is 16.5. The Hall–Kier alpha value is -2.08. The molecule has 1 aliphatic rings. The quantitative estimate of drug-likeness (QED) is 0.647. The van der Waals surface area contributed by atoms with Crippen molar-refractivity contribution in [3.63, 3.8) is 0 Å². The lowest BCUT2D eigenvalue weighted by molar-refractivity contribution is -0.129. The second-order valence-corrected chi connectivity index (χ2v) is 6.69. The third-order valence-corrected chi connectivity index (χ3v) is 4.96. The van der Waals surface area contributed by atoms with E-state index in [4.69, 9.17) is 4.74 Å². The Morgan fingerprint density at radius 3 is 2.58 bits per heavy atom. The fourth-order valence-electron chi connectivity index (χ4n) is 3.25. The highest BCUT2D eigenvalue weighted by Gasteiger charge is 2.33. The van der Waals surface area contributed by atoms with Crippen LogP contribution in [0, 0.1) is 5.92 Å². The van der Waals surface area contributed by atoms with E-state index in [-0.39, 0.29) is 17.7 Å². The van der Waals surface area contributed by atoms with Gasteiger partial charge in [0.05, 0.1) is 13.0 Å². The molecule has 1 atom stereocenters. The van der Waals surface area contributed by atoms with Crippen LogP contribution in [0.4, 0.5) is 0 Å². The van der Waals surface area contributed by atoms with E-state index in [1.807, 2.05) is 24.3 Å². The Morgan fingerprint density at radius 2 is 1.96 bits per heavy atom. The molecule has 26 heavy (non-hydrogen) atoms. The van der Waals surface area contributed by atoms with Crippen molar-refractivity contribution in [1.82, 2.24) is 15.1 Å². The molecule has 0 bridgehead atoms. The summed E-state index contributed by atoms with van der Waals surface area (Å²) >= 11 is 0. The predicted octanol–water partition coefficient (Wildman–Crippen LogP) is 1.89. The number of benzene rings is 1. The molecule has 0 aromatic heterocycles. The van der Waals surface area contributed by atoms with E-state index in [2.05, 4.69) is 24.1 Å². The second kappa shape index (κ2) is 10.2. The predicted molar refractivity (Wildman–Crippen MR) is 102 cm³/mol. The number of likely N-dealkylation sites (tertiary alicyclic amines) is 1. The van der Waals surface area contributed by atoms with Gasteiger partial charge in [-0.2, -0.15) is 0 Å². The maximum absolute atomic E-state index is 12.3. The van der Waals surface area contributed by atoms with E-state index in [1.54, 1.807) is 12.0 Å². The second-order valence-electron chi connectivity index (χ2n) is 6.69. The number of hydrogen-bond acceptors (Lipinski definition) is 4. The molecule has 1 saturated heterocycles. The number of amides is 2. The van der Waals surface area contributed by atoms with Crippen molar-refractivity contribution in [2.75, 3.05) is 39.8 Å². The Morgan fingerprint density at radius 1 is 1.27 bits per heavy atom. The number of nitrogens with one attached hydrogen (secondary N) is 1. The molecule has 1 heterocycles. The van der Waals surface area contributed by atoms with Crippen LogP contribution in [-0.2, 0) is 16.1 Å². The number of nitrogens with zero attached hydrogens (tertiary/aromatic N) is 2. The molecule has 2 amide bonds. The first-order valence-electron chi connectivity index (χ1n) is 9.48. The molecule has 1 fully saturated rings. The third kappa shape index (κ3) is 5.73. The van der Waals surface area contributed by atoms with Gasteiger partial charge in [0.25, 0.3) is 0 Å². The molecule has 144 valence electrons. The van der Waals surface area contributed by atoms with Crippen LogP contribution >= 0.6 is 0 Å². The minimum absolute atomic E-state index is 0.00451. The van der Waals surface area contributed by atoms with Crippen molar-refractivity contribution in [2.45, 2.75) is 33.2 Å². The van der Waals surface area contributed by atoms with Gasteiger partial charge in [-0.25, -0.2) is 0 Å². The van der Waals surface area contributed by atoms with Gasteiger partial charge in [-0.05, 0) is 43.8 Å². The first kappa shape index (κ1) is 20.2. The zero-order valence-corrected chi connectivity index (χ0v) is 16.2. The molecule has 6 nitrogen and oxygen atoms in total. The Kier molecular flexibility index (Phi) is 7.91. The van der Waals surface area contributed by atoms with Gasteiger partial charge in [-0.1, -0.05) is 26.0 Å². The topological polar surface area (TPSA) is 61.9 Å². The summed E-state index contributed by atoms with van der Waals surface area (Å²) in [5, 5.41) is 2.99. The van der Waals surface area contributed by atoms with Crippen molar-refractivity contribution < 1.29 is 14.3 Å². The smallest absolute Gasteiger partial charge is 0.225 e. The van der Waals surface area contributed by atoms with E-state index in [0.29, 0.717) is 26.1 Å². The van der Waals surface area contributed by atoms with Crippen LogP contribution in [0.15, 0.2) is 24.3 Å². The van der Waals surface area contributed by atoms with Gasteiger partial charge in [0.1, 0.15) is 5.75 Å². The number of carbonyl (C=O) groups is 2. The van der Waals surface area contributed by atoms with E-state index in [1.165, 1.54) is 0 Å². The van der Waals surface area contributed by atoms with Crippen LogP contribution in [0.25, 0.3) is 0 Å². The van der Waals surface area contributed by atoms with Crippen molar-refractivity contribution in [2.24, 2.45) is 5.92 Å². The lowest BCUT2D eigenvalue weighted by atomic mass is 10.1. The van der Waals surface area contributed by atoms with Crippen LogP contribution in [0.2, 0.25) is 0 Å². The van der Waals surface area contributed by atoms with Gasteiger partial charge in [-0.3, -0.25) is 9.59 Å². The monoisotopic (exact) mass is 361 g/mol. The first-order valence-corrected chi connectivity index (χ1v) is 9.48. The molecule has 1 aliphatic heterocycles.